The average molecular weight is 265 g/mol. The highest BCUT2D eigenvalue weighted by Gasteiger charge is 2.15. The Bertz CT molecular complexity index is 517. The number of benzene rings is 1. The highest BCUT2D eigenvalue weighted by atomic mass is 32.2. The van der Waals surface area contributed by atoms with E-state index in [0.29, 0.717) is 0 Å². The van der Waals surface area contributed by atoms with Crippen LogP contribution in [0.4, 0.5) is 5.13 Å². The third kappa shape index (κ3) is 2.14. The Hall–Kier alpha value is -0.780. The molecule has 90 valence electrons. The number of anilines is 1. The summed E-state index contributed by atoms with van der Waals surface area (Å²) >= 11 is 3.58. The fourth-order valence-electron chi connectivity index (χ4n) is 2.07. The van der Waals surface area contributed by atoms with Crippen molar-refractivity contribution in [2.45, 2.75) is 4.90 Å². The molecule has 2 heterocycles. The Kier molecular flexibility index (Phi) is 3.22. The van der Waals surface area contributed by atoms with Crippen molar-refractivity contribution < 1.29 is 0 Å². The molecule has 0 aliphatic carbocycles. The van der Waals surface area contributed by atoms with E-state index in [0.717, 1.165) is 26.2 Å². The van der Waals surface area contributed by atoms with Gasteiger partial charge in [-0.15, -0.1) is 11.8 Å². The van der Waals surface area contributed by atoms with Gasteiger partial charge in [0.05, 0.1) is 10.2 Å². The number of hydrogen-bond acceptors (Lipinski definition) is 5. The van der Waals surface area contributed by atoms with Crippen molar-refractivity contribution in [1.82, 2.24) is 10.3 Å². The molecule has 0 bridgehead atoms. The second kappa shape index (κ2) is 4.84. The molecule has 1 saturated heterocycles. The van der Waals surface area contributed by atoms with Gasteiger partial charge in [-0.05, 0) is 18.4 Å². The van der Waals surface area contributed by atoms with E-state index in [9.17, 15) is 0 Å². The predicted molar refractivity (Wildman–Crippen MR) is 76.5 cm³/mol. The minimum atomic E-state index is 1.06. The highest BCUT2D eigenvalue weighted by Crippen LogP contribution is 2.33. The predicted octanol–water partition coefficient (Wildman–Crippen LogP) is 2.43. The summed E-state index contributed by atoms with van der Waals surface area (Å²) < 4.78 is 1.30. The van der Waals surface area contributed by atoms with E-state index in [2.05, 4.69) is 34.7 Å². The molecule has 0 radical (unpaired) electrons. The molecule has 2 aromatic rings. The SMILES string of the molecule is CSc1cccc2sc(N3CCNCC3)nc12. The van der Waals surface area contributed by atoms with Gasteiger partial charge in [-0.3, -0.25) is 0 Å². The van der Waals surface area contributed by atoms with Gasteiger partial charge >= 0.3 is 0 Å². The van der Waals surface area contributed by atoms with Crippen LogP contribution in [-0.4, -0.2) is 37.4 Å². The Labute approximate surface area is 109 Å². The van der Waals surface area contributed by atoms with Gasteiger partial charge in [0, 0.05) is 31.1 Å². The molecule has 0 saturated carbocycles. The Morgan fingerprint density at radius 3 is 2.94 bits per heavy atom. The van der Waals surface area contributed by atoms with Crippen LogP contribution in [-0.2, 0) is 0 Å². The number of aromatic nitrogens is 1. The van der Waals surface area contributed by atoms with E-state index >= 15 is 0 Å². The van der Waals surface area contributed by atoms with Gasteiger partial charge in [-0.1, -0.05) is 17.4 Å². The first-order valence-electron chi connectivity index (χ1n) is 5.78. The molecule has 0 amide bonds. The zero-order valence-corrected chi connectivity index (χ0v) is 11.4. The smallest absolute Gasteiger partial charge is 0.186 e. The summed E-state index contributed by atoms with van der Waals surface area (Å²) in [5.74, 6) is 0. The first-order chi connectivity index (χ1) is 8.38. The molecule has 1 N–H and O–H groups in total. The maximum absolute atomic E-state index is 4.80. The number of nitrogens with zero attached hydrogens (tertiary/aromatic N) is 2. The first-order valence-corrected chi connectivity index (χ1v) is 7.82. The first kappa shape index (κ1) is 11.3. The zero-order valence-electron chi connectivity index (χ0n) is 9.77. The largest absolute Gasteiger partial charge is 0.346 e. The van der Waals surface area contributed by atoms with Crippen molar-refractivity contribution in [3.05, 3.63) is 18.2 Å². The van der Waals surface area contributed by atoms with Crippen molar-refractivity contribution in [3.63, 3.8) is 0 Å². The minimum Gasteiger partial charge on any atom is -0.346 e. The molecule has 1 aliphatic heterocycles. The van der Waals surface area contributed by atoms with Crippen LogP contribution >= 0.6 is 23.1 Å². The lowest BCUT2D eigenvalue weighted by atomic mass is 10.3. The number of thioether (sulfide) groups is 1. The van der Waals surface area contributed by atoms with Crippen LogP contribution in [0.25, 0.3) is 10.2 Å². The molecule has 0 spiro atoms. The summed E-state index contributed by atoms with van der Waals surface area (Å²) in [6.45, 7) is 4.25. The summed E-state index contributed by atoms with van der Waals surface area (Å²) in [5.41, 5.74) is 1.17. The number of nitrogens with one attached hydrogen (secondary N) is 1. The maximum atomic E-state index is 4.80. The van der Waals surface area contributed by atoms with Crippen LogP contribution < -0.4 is 10.2 Å². The number of rotatable bonds is 2. The van der Waals surface area contributed by atoms with Crippen LogP contribution in [0.1, 0.15) is 0 Å². The van der Waals surface area contributed by atoms with E-state index in [-0.39, 0.29) is 0 Å². The monoisotopic (exact) mass is 265 g/mol. The van der Waals surface area contributed by atoms with Gasteiger partial charge in [0.15, 0.2) is 5.13 Å². The third-order valence-corrected chi connectivity index (χ3v) is 4.83. The summed E-state index contributed by atoms with van der Waals surface area (Å²) in [6.07, 6.45) is 2.11. The molecule has 0 atom stereocenters. The molecule has 1 aromatic heterocycles. The number of fused-ring (bicyclic) bond motifs is 1. The van der Waals surface area contributed by atoms with Crippen LogP contribution in [0, 0.1) is 0 Å². The molecule has 3 nitrogen and oxygen atoms in total. The quantitative estimate of drug-likeness (QED) is 0.844. The van der Waals surface area contributed by atoms with E-state index in [1.807, 2.05) is 11.3 Å². The van der Waals surface area contributed by atoms with Crippen LogP contribution in [0.5, 0.6) is 0 Å². The average Bonchev–Trinajstić information content (AvgIpc) is 2.83. The third-order valence-electron chi connectivity index (χ3n) is 2.98. The second-order valence-electron chi connectivity index (χ2n) is 4.04. The van der Waals surface area contributed by atoms with Crippen molar-refractivity contribution in [1.29, 1.82) is 0 Å². The molecule has 0 unspecified atom stereocenters. The number of hydrogen-bond donors (Lipinski definition) is 1. The molecular formula is C12H15N3S2. The lowest BCUT2D eigenvalue weighted by Gasteiger charge is -2.26. The van der Waals surface area contributed by atoms with Gasteiger partial charge in [-0.2, -0.15) is 0 Å². The van der Waals surface area contributed by atoms with E-state index in [1.165, 1.54) is 20.2 Å². The molecule has 3 rings (SSSR count). The summed E-state index contributed by atoms with van der Waals surface area (Å²) in [6, 6.07) is 6.43. The lowest BCUT2D eigenvalue weighted by Crippen LogP contribution is -2.43. The fourth-order valence-corrected chi connectivity index (χ4v) is 3.74. The van der Waals surface area contributed by atoms with Gasteiger partial charge in [0.2, 0.25) is 0 Å². The molecule has 5 heteroatoms. The minimum absolute atomic E-state index is 1.06. The number of thiazole rings is 1. The second-order valence-corrected chi connectivity index (χ2v) is 5.90. The molecular weight excluding hydrogens is 250 g/mol. The van der Waals surface area contributed by atoms with E-state index in [1.54, 1.807) is 11.8 Å². The molecule has 17 heavy (non-hydrogen) atoms. The highest BCUT2D eigenvalue weighted by molar-refractivity contribution is 7.98. The van der Waals surface area contributed by atoms with Gasteiger partial charge in [-0.25, -0.2) is 4.98 Å². The van der Waals surface area contributed by atoms with Crippen molar-refractivity contribution in [2.24, 2.45) is 0 Å². The number of piperazine rings is 1. The van der Waals surface area contributed by atoms with Crippen LogP contribution in [0.2, 0.25) is 0 Å². The van der Waals surface area contributed by atoms with Crippen molar-refractivity contribution in [3.8, 4) is 0 Å². The Morgan fingerprint density at radius 1 is 1.35 bits per heavy atom. The molecule has 1 aliphatic rings. The van der Waals surface area contributed by atoms with E-state index in [4.69, 9.17) is 4.98 Å². The normalized spacial score (nSPS) is 16.6. The zero-order chi connectivity index (χ0) is 11.7. The number of para-hydroxylation sites is 1. The van der Waals surface area contributed by atoms with Crippen LogP contribution in [0.3, 0.4) is 0 Å². The summed E-state index contributed by atoms with van der Waals surface area (Å²) in [7, 11) is 0. The van der Waals surface area contributed by atoms with Gasteiger partial charge < -0.3 is 10.2 Å². The van der Waals surface area contributed by atoms with Gasteiger partial charge in [0.1, 0.15) is 0 Å². The molecule has 1 fully saturated rings. The fraction of sp³-hybridized carbons (Fsp3) is 0.417. The molecule has 1 aromatic carbocycles. The summed E-state index contributed by atoms with van der Waals surface area (Å²) in [5, 5.41) is 4.54. The Balaban J connectivity index is 2.00. The summed E-state index contributed by atoms with van der Waals surface area (Å²) in [4.78, 5) is 8.46. The lowest BCUT2D eigenvalue weighted by molar-refractivity contribution is 0.588. The van der Waals surface area contributed by atoms with Gasteiger partial charge in [0.25, 0.3) is 0 Å². The standard InChI is InChI=1S/C12H15N3S2/c1-16-9-3-2-4-10-11(9)14-12(17-10)15-7-5-13-6-8-15/h2-4,13H,5-8H2,1H3. The van der Waals surface area contributed by atoms with Crippen molar-refractivity contribution >= 4 is 38.4 Å². The van der Waals surface area contributed by atoms with Crippen molar-refractivity contribution in [2.75, 3.05) is 37.3 Å². The van der Waals surface area contributed by atoms with Crippen LogP contribution in [0.15, 0.2) is 23.1 Å². The Morgan fingerprint density at radius 2 is 2.18 bits per heavy atom. The van der Waals surface area contributed by atoms with E-state index < -0.39 is 0 Å². The maximum Gasteiger partial charge on any atom is 0.186 e. The topological polar surface area (TPSA) is 28.2 Å².